The number of nitrogens with one attached hydrogen (secondary N) is 2. The SMILES string of the molecule is CO[C@H]1CN[C@@H](C(=O)NCCc2cccc(CN(C)C)c2)C1. The summed E-state index contributed by atoms with van der Waals surface area (Å²) in [6, 6.07) is 8.42. The predicted octanol–water partition coefficient (Wildman–Crippen LogP) is 0.784. The number of ether oxygens (including phenoxy) is 1. The van der Waals surface area contributed by atoms with Crippen LogP contribution in [0.5, 0.6) is 0 Å². The van der Waals surface area contributed by atoms with E-state index in [2.05, 4.69) is 53.9 Å². The van der Waals surface area contributed by atoms with E-state index in [0.717, 1.165) is 25.9 Å². The predicted molar refractivity (Wildman–Crippen MR) is 87.8 cm³/mol. The van der Waals surface area contributed by atoms with Gasteiger partial charge in [0.05, 0.1) is 12.1 Å². The van der Waals surface area contributed by atoms with E-state index in [4.69, 9.17) is 4.74 Å². The lowest BCUT2D eigenvalue weighted by Gasteiger charge is -2.13. The Morgan fingerprint density at radius 2 is 2.18 bits per heavy atom. The molecule has 0 saturated carbocycles. The Kier molecular flexibility index (Phi) is 6.36. The van der Waals surface area contributed by atoms with E-state index in [1.54, 1.807) is 7.11 Å². The zero-order valence-corrected chi connectivity index (χ0v) is 13.8. The van der Waals surface area contributed by atoms with E-state index in [1.807, 2.05) is 0 Å². The maximum absolute atomic E-state index is 12.1. The van der Waals surface area contributed by atoms with Gasteiger partial charge in [-0.3, -0.25) is 4.79 Å². The van der Waals surface area contributed by atoms with Crippen LogP contribution in [0.3, 0.4) is 0 Å². The van der Waals surface area contributed by atoms with Gasteiger partial charge in [-0.05, 0) is 38.1 Å². The van der Waals surface area contributed by atoms with Crippen LogP contribution in [0.2, 0.25) is 0 Å². The number of methoxy groups -OCH3 is 1. The molecule has 0 aliphatic carbocycles. The van der Waals surface area contributed by atoms with Crippen molar-refractivity contribution < 1.29 is 9.53 Å². The van der Waals surface area contributed by atoms with Crippen molar-refractivity contribution >= 4 is 5.91 Å². The summed E-state index contributed by atoms with van der Waals surface area (Å²) in [6.45, 7) is 2.35. The zero-order valence-electron chi connectivity index (χ0n) is 13.8. The second kappa shape index (κ2) is 8.27. The molecule has 2 N–H and O–H groups in total. The van der Waals surface area contributed by atoms with Crippen molar-refractivity contribution in [2.75, 3.05) is 34.3 Å². The van der Waals surface area contributed by atoms with E-state index in [-0.39, 0.29) is 18.1 Å². The molecule has 1 heterocycles. The molecular formula is C17H27N3O2. The third kappa shape index (κ3) is 5.09. The molecule has 0 aromatic heterocycles. The van der Waals surface area contributed by atoms with Crippen LogP contribution < -0.4 is 10.6 Å². The molecule has 2 atom stereocenters. The van der Waals surface area contributed by atoms with Crippen LogP contribution >= 0.6 is 0 Å². The van der Waals surface area contributed by atoms with Gasteiger partial charge in [-0.25, -0.2) is 0 Å². The molecule has 122 valence electrons. The molecule has 0 radical (unpaired) electrons. The maximum atomic E-state index is 12.1. The molecule has 1 saturated heterocycles. The number of benzene rings is 1. The minimum Gasteiger partial charge on any atom is -0.380 e. The molecule has 0 unspecified atom stereocenters. The monoisotopic (exact) mass is 305 g/mol. The Bertz CT molecular complexity index is 491. The van der Waals surface area contributed by atoms with Gasteiger partial charge >= 0.3 is 0 Å². The number of rotatable bonds is 7. The lowest BCUT2D eigenvalue weighted by atomic mass is 10.1. The van der Waals surface area contributed by atoms with Gasteiger partial charge in [0.25, 0.3) is 0 Å². The first-order valence-electron chi connectivity index (χ1n) is 7.85. The highest BCUT2D eigenvalue weighted by Crippen LogP contribution is 2.10. The molecule has 5 heteroatoms. The van der Waals surface area contributed by atoms with Crippen LogP contribution in [0.4, 0.5) is 0 Å². The molecule has 0 bridgehead atoms. The molecule has 1 aliphatic rings. The largest absolute Gasteiger partial charge is 0.380 e. The quantitative estimate of drug-likeness (QED) is 0.782. The molecule has 0 spiro atoms. The maximum Gasteiger partial charge on any atom is 0.237 e. The fraction of sp³-hybridized carbons (Fsp3) is 0.588. The highest BCUT2D eigenvalue weighted by molar-refractivity contribution is 5.82. The average Bonchev–Trinajstić information content (AvgIpc) is 2.96. The number of carbonyl (C=O) groups is 1. The van der Waals surface area contributed by atoms with Gasteiger partial charge in [0.2, 0.25) is 5.91 Å². The Labute approximate surface area is 133 Å². The van der Waals surface area contributed by atoms with Crippen molar-refractivity contribution in [3.63, 3.8) is 0 Å². The van der Waals surface area contributed by atoms with Gasteiger partial charge in [-0.2, -0.15) is 0 Å². The van der Waals surface area contributed by atoms with Crippen LogP contribution in [0.1, 0.15) is 17.5 Å². The van der Waals surface area contributed by atoms with Crippen molar-refractivity contribution in [1.29, 1.82) is 0 Å². The minimum absolute atomic E-state index is 0.0731. The third-order valence-corrected chi connectivity index (χ3v) is 3.94. The Morgan fingerprint density at radius 3 is 2.86 bits per heavy atom. The lowest BCUT2D eigenvalue weighted by molar-refractivity contribution is -0.122. The Morgan fingerprint density at radius 1 is 1.41 bits per heavy atom. The zero-order chi connectivity index (χ0) is 15.9. The summed E-state index contributed by atoms with van der Waals surface area (Å²) in [5.41, 5.74) is 2.56. The van der Waals surface area contributed by atoms with E-state index in [9.17, 15) is 4.79 Å². The number of amides is 1. The number of nitrogens with zero attached hydrogens (tertiary/aromatic N) is 1. The van der Waals surface area contributed by atoms with Gasteiger partial charge in [0, 0.05) is 26.7 Å². The van der Waals surface area contributed by atoms with Gasteiger partial charge < -0.3 is 20.3 Å². The summed E-state index contributed by atoms with van der Waals surface area (Å²) < 4.78 is 5.26. The summed E-state index contributed by atoms with van der Waals surface area (Å²) in [4.78, 5) is 14.2. The van der Waals surface area contributed by atoms with Crippen molar-refractivity contribution in [1.82, 2.24) is 15.5 Å². The van der Waals surface area contributed by atoms with E-state index >= 15 is 0 Å². The van der Waals surface area contributed by atoms with Crippen LogP contribution in [-0.2, 0) is 22.5 Å². The van der Waals surface area contributed by atoms with Crippen molar-refractivity contribution in [3.8, 4) is 0 Å². The van der Waals surface area contributed by atoms with E-state index in [1.165, 1.54) is 11.1 Å². The third-order valence-electron chi connectivity index (χ3n) is 3.94. The van der Waals surface area contributed by atoms with Gasteiger partial charge in [0.15, 0.2) is 0 Å². The molecule has 1 aliphatic heterocycles. The van der Waals surface area contributed by atoms with E-state index < -0.39 is 0 Å². The molecule has 1 amide bonds. The summed E-state index contributed by atoms with van der Waals surface area (Å²) in [6.07, 6.45) is 1.76. The summed E-state index contributed by atoms with van der Waals surface area (Å²) in [7, 11) is 5.82. The molecule has 1 fully saturated rings. The standard InChI is InChI=1S/C17H27N3O2/c1-20(2)12-14-6-4-5-13(9-14)7-8-18-17(21)16-10-15(22-3)11-19-16/h4-6,9,15-16,19H,7-8,10-12H2,1-3H3,(H,18,21)/t15-,16-/m1/s1. The highest BCUT2D eigenvalue weighted by Gasteiger charge is 2.28. The van der Waals surface area contributed by atoms with Crippen LogP contribution in [-0.4, -0.2) is 57.2 Å². The highest BCUT2D eigenvalue weighted by atomic mass is 16.5. The first-order valence-corrected chi connectivity index (χ1v) is 7.85. The summed E-state index contributed by atoms with van der Waals surface area (Å²) in [5.74, 6) is 0.0731. The fourth-order valence-electron chi connectivity index (χ4n) is 2.78. The minimum atomic E-state index is -0.120. The van der Waals surface area contributed by atoms with Crippen LogP contribution in [0, 0.1) is 0 Å². The number of hydrogen-bond donors (Lipinski definition) is 2. The second-order valence-electron chi connectivity index (χ2n) is 6.15. The second-order valence-corrected chi connectivity index (χ2v) is 6.15. The number of hydrogen-bond acceptors (Lipinski definition) is 4. The van der Waals surface area contributed by atoms with Crippen LogP contribution in [0.15, 0.2) is 24.3 Å². The topological polar surface area (TPSA) is 53.6 Å². The molecule has 1 aromatic rings. The summed E-state index contributed by atoms with van der Waals surface area (Å²) >= 11 is 0. The fourth-order valence-corrected chi connectivity index (χ4v) is 2.78. The Balaban J connectivity index is 1.75. The van der Waals surface area contributed by atoms with Gasteiger partial charge in [-0.15, -0.1) is 0 Å². The normalized spacial score (nSPS) is 21.3. The van der Waals surface area contributed by atoms with Crippen molar-refractivity contribution in [3.05, 3.63) is 35.4 Å². The van der Waals surface area contributed by atoms with Gasteiger partial charge in [0.1, 0.15) is 0 Å². The molecule has 5 nitrogen and oxygen atoms in total. The molecule has 1 aromatic carbocycles. The number of carbonyl (C=O) groups excluding carboxylic acids is 1. The van der Waals surface area contributed by atoms with Crippen molar-refractivity contribution in [2.24, 2.45) is 0 Å². The lowest BCUT2D eigenvalue weighted by Crippen LogP contribution is -2.41. The summed E-state index contributed by atoms with van der Waals surface area (Å²) in [5, 5.41) is 6.20. The average molecular weight is 305 g/mol. The van der Waals surface area contributed by atoms with Crippen molar-refractivity contribution in [2.45, 2.75) is 31.5 Å². The van der Waals surface area contributed by atoms with E-state index in [0.29, 0.717) is 6.54 Å². The Hall–Kier alpha value is -1.43. The van der Waals surface area contributed by atoms with Crippen LogP contribution in [0.25, 0.3) is 0 Å². The molecule has 2 rings (SSSR count). The van der Waals surface area contributed by atoms with Gasteiger partial charge in [-0.1, -0.05) is 24.3 Å². The molecular weight excluding hydrogens is 278 g/mol. The smallest absolute Gasteiger partial charge is 0.237 e. The molecule has 22 heavy (non-hydrogen) atoms. The first-order chi connectivity index (χ1) is 10.6. The first kappa shape index (κ1) is 16.9.